The largest absolute Gasteiger partial charge is 0.748 e. The van der Waals surface area contributed by atoms with Gasteiger partial charge in [-0.3, -0.25) is 0 Å². The van der Waals surface area contributed by atoms with Crippen LogP contribution in [-0.4, -0.2) is 19.2 Å². The smallest absolute Gasteiger partial charge is 0.206 e. The van der Waals surface area contributed by atoms with Crippen LogP contribution in [0.1, 0.15) is 0 Å². The fraction of sp³-hybridized carbons (Fsp3) is 0.100. The summed E-state index contributed by atoms with van der Waals surface area (Å²) in [4.78, 5) is 0. The predicted molar refractivity (Wildman–Crippen MR) is 59.9 cm³/mol. The molecule has 5 nitrogen and oxygen atoms in total. The van der Waals surface area contributed by atoms with E-state index in [0.717, 1.165) is 5.39 Å². The Bertz CT molecular complexity index is 573. The summed E-state index contributed by atoms with van der Waals surface area (Å²) < 4.78 is 28.8. The fourth-order valence-corrected chi connectivity index (χ4v) is 1.15. The van der Waals surface area contributed by atoms with Crippen LogP contribution in [0.4, 0.5) is 0 Å². The van der Waals surface area contributed by atoms with E-state index in [-0.39, 0.29) is 0 Å². The van der Waals surface area contributed by atoms with Gasteiger partial charge < -0.3 is 4.55 Å². The second-order valence-electron chi connectivity index (χ2n) is 3.23. The maximum Gasteiger partial charge on any atom is 0.206 e. The van der Waals surface area contributed by atoms with Crippen LogP contribution in [-0.2, 0) is 10.1 Å². The highest BCUT2D eigenvalue weighted by Gasteiger charge is 1.95. The van der Waals surface area contributed by atoms with Crippen molar-refractivity contribution >= 4 is 20.9 Å². The first-order chi connectivity index (χ1) is 7.36. The van der Waals surface area contributed by atoms with Gasteiger partial charge in [-0.2, -0.15) is 0 Å². The molecule has 0 aliphatic carbocycles. The number of nitrogens with zero attached hydrogens (tertiary/aromatic N) is 1. The molecule has 2 N–H and O–H groups in total. The summed E-state index contributed by atoms with van der Waals surface area (Å²) in [6, 6.07) is 10.1. The molecular weight excluding hydrogens is 228 g/mol. The molecule has 0 atom stereocenters. The molecule has 6 heteroatoms. The van der Waals surface area contributed by atoms with Crippen molar-refractivity contribution < 1.29 is 17.6 Å². The van der Waals surface area contributed by atoms with E-state index in [2.05, 4.69) is 6.07 Å². The molecule has 2 rings (SSSR count). The lowest BCUT2D eigenvalue weighted by Gasteiger charge is -1.91. The number of aromatic nitrogens is 1. The van der Waals surface area contributed by atoms with Crippen molar-refractivity contribution in [1.82, 2.24) is 0 Å². The number of fused-ring (bicyclic) bond motifs is 1. The summed E-state index contributed by atoms with van der Waals surface area (Å²) in [5.41, 5.74) is 0. The van der Waals surface area contributed by atoms with Gasteiger partial charge in [-0.25, -0.2) is 14.3 Å². The standard InChI is InChI=1S/C9H9N2.CH4O3S/c10-11-6-5-8-3-1-2-4-9(8)7-11;1-5(2,3)4/h1-7H,10H2;1H3,(H,2,3,4)/q+1;/p-1. The molecule has 1 aromatic carbocycles. The molecule has 0 fully saturated rings. The van der Waals surface area contributed by atoms with E-state index >= 15 is 0 Å². The Labute approximate surface area is 93.9 Å². The van der Waals surface area contributed by atoms with Crippen LogP contribution in [0.25, 0.3) is 10.8 Å². The first-order valence-electron chi connectivity index (χ1n) is 4.42. The van der Waals surface area contributed by atoms with Gasteiger partial charge in [-0.1, -0.05) is 22.9 Å². The van der Waals surface area contributed by atoms with Gasteiger partial charge >= 0.3 is 0 Å². The summed E-state index contributed by atoms with van der Waals surface area (Å²) >= 11 is 0. The van der Waals surface area contributed by atoms with Gasteiger partial charge in [-0.15, -0.1) is 0 Å². The van der Waals surface area contributed by atoms with E-state index < -0.39 is 10.1 Å². The first-order valence-corrected chi connectivity index (χ1v) is 6.24. The first kappa shape index (κ1) is 12.4. The summed E-state index contributed by atoms with van der Waals surface area (Å²) in [7, 11) is -3.92. The van der Waals surface area contributed by atoms with E-state index in [9.17, 15) is 0 Å². The molecule has 0 aliphatic rings. The monoisotopic (exact) mass is 240 g/mol. The van der Waals surface area contributed by atoms with E-state index in [1.54, 1.807) is 4.68 Å². The molecule has 1 aromatic heterocycles. The molecule has 16 heavy (non-hydrogen) atoms. The van der Waals surface area contributed by atoms with Crippen molar-refractivity contribution in [3.8, 4) is 0 Å². The molecule has 0 saturated carbocycles. The number of hydrogen-bond acceptors (Lipinski definition) is 4. The highest BCUT2D eigenvalue weighted by molar-refractivity contribution is 7.84. The van der Waals surface area contributed by atoms with Gasteiger partial charge in [0.1, 0.15) is 0 Å². The minimum atomic E-state index is -3.92. The number of pyridine rings is 1. The SMILES string of the molecule is CS(=O)(=O)[O-].N[n+]1ccc2ccccc2c1. The van der Waals surface area contributed by atoms with Crippen LogP contribution in [0.15, 0.2) is 42.7 Å². The van der Waals surface area contributed by atoms with Gasteiger partial charge in [0.2, 0.25) is 6.20 Å². The highest BCUT2D eigenvalue weighted by atomic mass is 32.2. The predicted octanol–water partition coefficient (Wildman–Crippen LogP) is 0.00250. The van der Waals surface area contributed by atoms with E-state index in [1.165, 1.54) is 5.39 Å². The third-order valence-electron chi connectivity index (χ3n) is 1.71. The molecule has 0 spiro atoms. The summed E-state index contributed by atoms with van der Waals surface area (Å²) in [6.45, 7) is 0. The summed E-state index contributed by atoms with van der Waals surface area (Å²) in [5, 5.41) is 2.38. The minimum Gasteiger partial charge on any atom is -0.748 e. The molecule has 0 unspecified atom stereocenters. The van der Waals surface area contributed by atoms with Crippen LogP contribution in [0, 0.1) is 0 Å². The Balaban J connectivity index is 0.000000221. The van der Waals surface area contributed by atoms with Crippen molar-refractivity contribution in [3.63, 3.8) is 0 Å². The second-order valence-corrected chi connectivity index (χ2v) is 4.63. The molecule has 0 saturated heterocycles. The topological polar surface area (TPSA) is 87.1 Å². The maximum absolute atomic E-state index is 9.08. The number of rotatable bonds is 0. The van der Waals surface area contributed by atoms with E-state index in [0.29, 0.717) is 6.26 Å². The van der Waals surface area contributed by atoms with Gasteiger partial charge in [0.15, 0.2) is 6.20 Å². The summed E-state index contributed by atoms with van der Waals surface area (Å²) in [6.07, 6.45) is 4.34. The highest BCUT2D eigenvalue weighted by Crippen LogP contribution is 2.08. The quantitative estimate of drug-likeness (QED) is 0.399. The van der Waals surface area contributed by atoms with Crippen molar-refractivity contribution in [2.75, 3.05) is 12.1 Å². The third-order valence-corrected chi connectivity index (χ3v) is 1.71. The Morgan fingerprint density at radius 3 is 2.25 bits per heavy atom. The van der Waals surface area contributed by atoms with Gasteiger partial charge in [0.05, 0.1) is 10.1 Å². The van der Waals surface area contributed by atoms with Crippen molar-refractivity contribution in [3.05, 3.63) is 42.7 Å². The maximum atomic E-state index is 9.08. The van der Waals surface area contributed by atoms with Gasteiger partial charge in [0.25, 0.3) is 0 Å². The Kier molecular flexibility index (Phi) is 3.81. The Morgan fingerprint density at radius 2 is 1.69 bits per heavy atom. The van der Waals surface area contributed by atoms with Crippen molar-refractivity contribution in [2.24, 2.45) is 0 Å². The lowest BCUT2D eigenvalue weighted by Crippen LogP contribution is -2.43. The molecule has 2 aromatic rings. The molecule has 0 amide bonds. The van der Waals surface area contributed by atoms with Gasteiger partial charge in [-0.05, 0) is 11.5 Å². The average Bonchev–Trinajstić information content (AvgIpc) is 2.15. The molecule has 86 valence electrons. The van der Waals surface area contributed by atoms with Crippen molar-refractivity contribution in [2.45, 2.75) is 0 Å². The zero-order chi connectivity index (χ0) is 12.2. The molecule has 1 heterocycles. The average molecular weight is 240 g/mol. The zero-order valence-electron chi connectivity index (χ0n) is 8.70. The van der Waals surface area contributed by atoms with Crippen LogP contribution < -0.4 is 10.5 Å². The van der Waals surface area contributed by atoms with Crippen LogP contribution in [0.3, 0.4) is 0 Å². The Morgan fingerprint density at radius 1 is 1.19 bits per heavy atom. The van der Waals surface area contributed by atoms with Crippen molar-refractivity contribution in [1.29, 1.82) is 0 Å². The Hall–Kier alpha value is -1.66. The second kappa shape index (κ2) is 4.91. The number of hydrogen-bond donors (Lipinski definition) is 1. The minimum absolute atomic E-state index is 0.604. The lowest BCUT2D eigenvalue weighted by atomic mass is 10.2. The molecule has 0 aliphatic heterocycles. The molecule has 0 bridgehead atoms. The fourth-order valence-electron chi connectivity index (χ4n) is 1.15. The zero-order valence-corrected chi connectivity index (χ0v) is 9.52. The number of nitrogens with two attached hydrogens (primary N) is 1. The number of nitrogen functional groups attached to an aromatic ring is 1. The van der Waals surface area contributed by atoms with E-state index in [1.807, 2.05) is 36.7 Å². The number of benzene rings is 1. The van der Waals surface area contributed by atoms with E-state index in [4.69, 9.17) is 18.8 Å². The molecular formula is C10H12N2O3S. The van der Waals surface area contributed by atoms with Gasteiger partial charge in [0, 0.05) is 17.7 Å². The molecule has 0 radical (unpaired) electrons. The van der Waals surface area contributed by atoms with Crippen LogP contribution >= 0.6 is 0 Å². The van der Waals surface area contributed by atoms with Crippen LogP contribution in [0.2, 0.25) is 0 Å². The third kappa shape index (κ3) is 4.72. The normalized spacial score (nSPS) is 10.6. The lowest BCUT2D eigenvalue weighted by molar-refractivity contribution is -0.637. The summed E-state index contributed by atoms with van der Waals surface area (Å²) in [5.74, 6) is 5.54. The van der Waals surface area contributed by atoms with Crippen LogP contribution in [0.5, 0.6) is 0 Å².